The van der Waals surface area contributed by atoms with E-state index in [1.54, 1.807) is 0 Å². The van der Waals surface area contributed by atoms with Crippen molar-refractivity contribution in [2.24, 2.45) is 0 Å². The minimum absolute atomic E-state index is 0.000697. The summed E-state index contributed by atoms with van der Waals surface area (Å²) >= 11 is 0. The topological polar surface area (TPSA) is 60.0 Å². The molecule has 90 valence electrons. The fraction of sp³-hybridized carbons (Fsp3) is 0.308. The van der Waals surface area contributed by atoms with E-state index >= 15 is 0 Å². The zero-order valence-electron chi connectivity index (χ0n) is 10.1. The van der Waals surface area contributed by atoms with Crippen LogP contribution in [0.1, 0.15) is 13.8 Å². The third-order valence-corrected chi connectivity index (χ3v) is 2.58. The molecule has 0 spiro atoms. The van der Waals surface area contributed by atoms with Gasteiger partial charge in [0.1, 0.15) is 6.54 Å². The molecule has 0 aliphatic carbocycles. The number of nitrogens with two attached hydrogens (primary N) is 1. The highest BCUT2D eigenvalue weighted by atomic mass is 16.2. The molecule has 4 heteroatoms. The van der Waals surface area contributed by atoms with Gasteiger partial charge in [-0.1, -0.05) is 12.1 Å². The SMILES string of the molecule is CC(C)NC(=O)Cn1ccc2cccc(N)c21. The lowest BCUT2D eigenvalue weighted by Crippen LogP contribution is -2.32. The molecule has 0 radical (unpaired) electrons. The summed E-state index contributed by atoms with van der Waals surface area (Å²) in [4.78, 5) is 11.7. The van der Waals surface area contributed by atoms with E-state index in [9.17, 15) is 4.79 Å². The maximum absolute atomic E-state index is 11.7. The van der Waals surface area contributed by atoms with Crippen LogP contribution in [0, 0.1) is 0 Å². The van der Waals surface area contributed by atoms with Crippen LogP contribution < -0.4 is 11.1 Å². The number of carbonyl (C=O) groups is 1. The first kappa shape index (κ1) is 11.5. The second kappa shape index (κ2) is 4.49. The number of aromatic nitrogens is 1. The molecule has 0 atom stereocenters. The highest BCUT2D eigenvalue weighted by Crippen LogP contribution is 2.21. The van der Waals surface area contributed by atoms with Crippen molar-refractivity contribution < 1.29 is 4.79 Å². The third-order valence-electron chi connectivity index (χ3n) is 2.58. The molecular formula is C13H17N3O. The fourth-order valence-corrected chi connectivity index (χ4v) is 1.95. The van der Waals surface area contributed by atoms with E-state index in [1.807, 2.05) is 48.9 Å². The van der Waals surface area contributed by atoms with Gasteiger partial charge in [0.2, 0.25) is 5.91 Å². The van der Waals surface area contributed by atoms with Crippen LogP contribution in [0.25, 0.3) is 10.9 Å². The number of anilines is 1. The zero-order valence-corrected chi connectivity index (χ0v) is 10.1. The molecule has 3 N–H and O–H groups in total. The van der Waals surface area contributed by atoms with Gasteiger partial charge in [-0.25, -0.2) is 0 Å². The Bertz CT molecular complexity index is 543. The predicted molar refractivity (Wildman–Crippen MR) is 69.6 cm³/mol. The number of carbonyl (C=O) groups excluding carboxylic acids is 1. The van der Waals surface area contributed by atoms with E-state index < -0.39 is 0 Å². The maximum atomic E-state index is 11.7. The van der Waals surface area contributed by atoms with Gasteiger partial charge < -0.3 is 15.6 Å². The maximum Gasteiger partial charge on any atom is 0.240 e. The molecule has 17 heavy (non-hydrogen) atoms. The molecular weight excluding hydrogens is 214 g/mol. The molecule has 1 aromatic heterocycles. The van der Waals surface area contributed by atoms with Gasteiger partial charge in [-0.2, -0.15) is 0 Å². The summed E-state index contributed by atoms with van der Waals surface area (Å²) in [7, 11) is 0. The summed E-state index contributed by atoms with van der Waals surface area (Å²) in [5, 5.41) is 3.92. The molecule has 0 unspecified atom stereocenters. The van der Waals surface area contributed by atoms with Crippen molar-refractivity contribution in [3.63, 3.8) is 0 Å². The van der Waals surface area contributed by atoms with E-state index in [2.05, 4.69) is 5.32 Å². The Kier molecular flexibility index (Phi) is 3.04. The first-order valence-electron chi connectivity index (χ1n) is 5.70. The molecule has 0 saturated heterocycles. The Hall–Kier alpha value is -1.97. The van der Waals surface area contributed by atoms with Crippen LogP contribution in [0.4, 0.5) is 5.69 Å². The Balaban J connectivity index is 2.28. The summed E-state index contributed by atoms with van der Waals surface area (Å²) in [6, 6.07) is 7.87. The van der Waals surface area contributed by atoms with Crippen molar-refractivity contribution >= 4 is 22.5 Å². The van der Waals surface area contributed by atoms with Crippen LogP contribution in [0.2, 0.25) is 0 Å². The van der Waals surface area contributed by atoms with Gasteiger partial charge in [0, 0.05) is 17.6 Å². The minimum Gasteiger partial charge on any atom is -0.397 e. The lowest BCUT2D eigenvalue weighted by molar-refractivity contribution is -0.122. The van der Waals surface area contributed by atoms with Gasteiger partial charge in [0.25, 0.3) is 0 Å². The van der Waals surface area contributed by atoms with Gasteiger partial charge in [-0.15, -0.1) is 0 Å². The normalized spacial score (nSPS) is 11.0. The van der Waals surface area contributed by atoms with Crippen LogP contribution in [0.5, 0.6) is 0 Å². The number of nitrogen functional groups attached to an aromatic ring is 1. The quantitative estimate of drug-likeness (QED) is 0.790. The molecule has 2 aromatic rings. The van der Waals surface area contributed by atoms with E-state index in [1.165, 1.54) is 0 Å². The van der Waals surface area contributed by atoms with Gasteiger partial charge >= 0.3 is 0 Å². The first-order valence-corrected chi connectivity index (χ1v) is 5.70. The van der Waals surface area contributed by atoms with Crippen molar-refractivity contribution in [1.82, 2.24) is 9.88 Å². The second-order valence-corrected chi connectivity index (χ2v) is 4.45. The number of benzene rings is 1. The number of hydrogen-bond donors (Lipinski definition) is 2. The van der Waals surface area contributed by atoms with Crippen LogP contribution in [-0.2, 0) is 11.3 Å². The van der Waals surface area contributed by atoms with Gasteiger partial charge in [0.15, 0.2) is 0 Å². The van der Waals surface area contributed by atoms with Crippen molar-refractivity contribution in [2.45, 2.75) is 26.4 Å². The summed E-state index contributed by atoms with van der Waals surface area (Å²) in [6.07, 6.45) is 1.89. The summed E-state index contributed by atoms with van der Waals surface area (Å²) in [6.45, 7) is 4.19. The predicted octanol–water partition coefficient (Wildman–Crippen LogP) is 1.75. The van der Waals surface area contributed by atoms with Crippen LogP contribution in [0.15, 0.2) is 30.5 Å². The first-order chi connectivity index (χ1) is 8.08. The smallest absolute Gasteiger partial charge is 0.240 e. The number of nitrogens with one attached hydrogen (secondary N) is 1. The molecule has 0 aliphatic heterocycles. The highest BCUT2D eigenvalue weighted by molar-refractivity contribution is 5.91. The molecule has 1 amide bonds. The molecule has 0 bridgehead atoms. The monoisotopic (exact) mass is 231 g/mol. The molecule has 0 fully saturated rings. The lowest BCUT2D eigenvalue weighted by atomic mass is 10.2. The zero-order chi connectivity index (χ0) is 12.4. The fourth-order valence-electron chi connectivity index (χ4n) is 1.95. The van der Waals surface area contributed by atoms with Crippen LogP contribution in [-0.4, -0.2) is 16.5 Å². The van der Waals surface area contributed by atoms with Gasteiger partial charge in [0.05, 0.1) is 11.2 Å². The van der Waals surface area contributed by atoms with Crippen molar-refractivity contribution in [2.75, 3.05) is 5.73 Å². The van der Waals surface area contributed by atoms with E-state index in [4.69, 9.17) is 5.73 Å². The standard InChI is InChI=1S/C13H17N3O/c1-9(2)15-12(17)8-16-7-6-10-4-3-5-11(14)13(10)16/h3-7,9H,8,14H2,1-2H3,(H,15,17). The number of hydrogen-bond acceptors (Lipinski definition) is 2. The Morgan fingerprint density at radius 2 is 2.18 bits per heavy atom. The van der Waals surface area contributed by atoms with Crippen LogP contribution >= 0.6 is 0 Å². The average Bonchev–Trinajstić information content (AvgIpc) is 2.61. The Morgan fingerprint density at radius 3 is 2.88 bits per heavy atom. The molecule has 2 rings (SSSR count). The van der Waals surface area contributed by atoms with Crippen molar-refractivity contribution in [3.8, 4) is 0 Å². The molecule has 1 heterocycles. The highest BCUT2D eigenvalue weighted by Gasteiger charge is 2.08. The van der Waals surface area contributed by atoms with Crippen molar-refractivity contribution in [3.05, 3.63) is 30.5 Å². The number of amides is 1. The third kappa shape index (κ3) is 2.41. The number of nitrogens with zero attached hydrogens (tertiary/aromatic N) is 1. The van der Waals surface area contributed by atoms with Gasteiger partial charge in [-0.05, 0) is 26.0 Å². The molecule has 0 aliphatic rings. The van der Waals surface area contributed by atoms with E-state index in [0.29, 0.717) is 12.2 Å². The van der Waals surface area contributed by atoms with E-state index in [-0.39, 0.29) is 11.9 Å². The summed E-state index contributed by atoms with van der Waals surface area (Å²) in [5.74, 6) is 0.000697. The summed E-state index contributed by atoms with van der Waals surface area (Å²) < 4.78 is 1.88. The average molecular weight is 231 g/mol. The van der Waals surface area contributed by atoms with Crippen LogP contribution in [0.3, 0.4) is 0 Å². The molecule has 1 aromatic carbocycles. The number of para-hydroxylation sites is 1. The van der Waals surface area contributed by atoms with E-state index in [0.717, 1.165) is 10.9 Å². The largest absolute Gasteiger partial charge is 0.397 e. The van der Waals surface area contributed by atoms with Crippen molar-refractivity contribution in [1.29, 1.82) is 0 Å². The Morgan fingerprint density at radius 1 is 1.41 bits per heavy atom. The molecule has 4 nitrogen and oxygen atoms in total. The minimum atomic E-state index is 0.000697. The number of fused-ring (bicyclic) bond motifs is 1. The second-order valence-electron chi connectivity index (χ2n) is 4.45. The Labute approximate surface area is 100 Å². The lowest BCUT2D eigenvalue weighted by Gasteiger charge is -2.10. The summed E-state index contributed by atoms with van der Waals surface area (Å²) in [5.41, 5.74) is 7.55. The van der Waals surface area contributed by atoms with Gasteiger partial charge in [-0.3, -0.25) is 4.79 Å². The molecule has 0 saturated carbocycles. The number of rotatable bonds is 3.